The van der Waals surface area contributed by atoms with E-state index < -0.39 is 12.1 Å². The molecule has 0 spiro atoms. The van der Waals surface area contributed by atoms with Crippen LogP contribution < -0.4 is 4.90 Å². The van der Waals surface area contributed by atoms with Gasteiger partial charge in [0.1, 0.15) is 0 Å². The zero-order valence-corrected chi connectivity index (χ0v) is 9.89. The highest BCUT2D eigenvalue weighted by molar-refractivity contribution is 5.72. The first kappa shape index (κ1) is 11.9. The summed E-state index contributed by atoms with van der Waals surface area (Å²) in [6, 6.07) is 5.94. The molecule has 4 nitrogen and oxygen atoms in total. The topological polar surface area (TPSA) is 60.8 Å². The second kappa shape index (κ2) is 4.75. The molecule has 0 radical (unpaired) electrons. The lowest BCUT2D eigenvalue weighted by Crippen LogP contribution is -2.22. The number of benzene rings is 1. The highest BCUT2D eigenvalue weighted by Crippen LogP contribution is 2.28. The molecule has 0 fully saturated rings. The summed E-state index contributed by atoms with van der Waals surface area (Å²) in [7, 11) is 0. The van der Waals surface area contributed by atoms with Gasteiger partial charge in [0, 0.05) is 25.2 Å². The lowest BCUT2D eigenvalue weighted by Gasteiger charge is -2.16. The SMILES string of the molecule is CCN1CCc2cc(CC(O)C(=O)O)ccc21. The Bertz CT molecular complexity index is 431. The van der Waals surface area contributed by atoms with Crippen LogP contribution in [0.3, 0.4) is 0 Å². The fourth-order valence-electron chi connectivity index (χ4n) is 2.29. The number of rotatable bonds is 4. The summed E-state index contributed by atoms with van der Waals surface area (Å²) in [6.45, 7) is 4.14. The van der Waals surface area contributed by atoms with Gasteiger partial charge in [0.05, 0.1) is 0 Å². The molecule has 1 aliphatic rings. The van der Waals surface area contributed by atoms with Crippen LogP contribution in [0.2, 0.25) is 0 Å². The predicted molar refractivity (Wildman–Crippen MR) is 65.4 cm³/mol. The second-order valence-electron chi connectivity index (χ2n) is 4.35. The Labute approximate surface area is 100 Å². The van der Waals surface area contributed by atoms with Crippen molar-refractivity contribution in [2.45, 2.75) is 25.9 Å². The van der Waals surface area contributed by atoms with E-state index in [2.05, 4.69) is 11.8 Å². The molecule has 0 amide bonds. The Balaban J connectivity index is 2.15. The summed E-state index contributed by atoms with van der Waals surface area (Å²) in [5.41, 5.74) is 3.37. The lowest BCUT2D eigenvalue weighted by molar-refractivity contribution is -0.146. The molecule has 1 aromatic carbocycles. The molecule has 1 atom stereocenters. The molecule has 1 heterocycles. The maximum Gasteiger partial charge on any atom is 0.332 e. The summed E-state index contributed by atoms with van der Waals surface area (Å²) in [4.78, 5) is 12.9. The van der Waals surface area contributed by atoms with E-state index in [1.807, 2.05) is 18.2 Å². The number of fused-ring (bicyclic) bond motifs is 1. The maximum absolute atomic E-state index is 10.6. The number of aliphatic carboxylic acids is 1. The van der Waals surface area contributed by atoms with E-state index in [1.165, 1.54) is 11.3 Å². The Morgan fingerprint density at radius 3 is 2.94 bits per heavy atom. The van der Waals surface area contributed by atoms with E-state index in [9.17, 15) is 9.90 Å². The Hall–Kier alpha value is -1.55. The summed E-state index contributed by atoms with van der Waals surface area (Å²) in [5, 5.41) is 18.0. The van der Waals surface area contributed by atoms with E-state index >= 15 is 0 Å². The molecule has 0 aliphatic carbocycles. The first-order chi connectivity index (χ1) is 8.11. The molecule has 92 valence electrons. The molecule has 0 aromatic heterocycles. The smallest absolute Gasteiger partial charge is 0.332 e. The summed E-state index contributed by atoms with van der Waals surface area (Å²) in [6.07, 6.45) is -0.133. The minimum absolute atomic E-state index is 0.175. The second-order valence-corrected chi connectivity index (χ2v) is 4.35. The van der Waals surface area contributed by atoms with E-state index in [1.54, 1.807) is 0 Å². The quantitative estimate of drug-likeness (QED) is 0.819. The first-order valence-electron chi connectivity index (χ1n) is 5.89. The number of carboxylic acids is 1. The molecular weight excluding hydrogens is 218 g/mol. The van der Waals surface area contributed by atoms with Gasteiger partial charge >= 0.3 is 5.97 Å². The molecule has 0 saturated heterocycles. The number of carbonyl (C=O) groups is 1. The molecule has 0 saturated carbocycles. The predicted octanol–water partition coefficient (Wildman–Crippen LogP) is 1.06. The fourth-order valence-corrected chi connectivity index (χ4v) is 2.29. The number of nitrogens with zero attached hydrogens (tertiary/aromatic N) is 1. The zero-order valence-electron chi connectivity index (χ0n) is 9.89. The number of likely N-dealkylation sites (N-methyl/N-ethyl adjacent to an activating group) is 1. The fraction of sp³-hybridized carbons (Fsp3) is 0.462. The monoisotopic (exact) mass is 235 g/mol. The van der Waals surface area contributed by atoms with Gasteiger partial charge in [-0.2, -0.15) is 0 Å². The Kier molecular flexibility index (Phi) is 3.33. The van der Waals surface area contributed by atoms with Crippen LogP contribution in [0.1, 0.15) is 18.1 Å². The summed E-state index contributed by atoms with van der Waals surface area (Å²) in [5.74, 6) is -1.17. The van der Waals surface area contributed by atoms with Crippen molar-refractivity contribution >= 4 is 11.7 Å². The number of hydrogen-bond acceptors (Lipinski definition) is 3. The summed E-state index contributed by atoms with van der Waals surface area (Å²) >= 11 is 0. The van der Waals surface area contributed by atoms with E-state index in [0.717, 1.165) is 25.1 Å². The maximum atomic E-state index is 10.6. The van der Waals surface area contributed by atoms with Crippen LogP contribution in [0, 0.1) is 0 Å². The highest BCUT2D eigenvalue weighted by atomic mass is 16.4. The standard InChI is InChI=1S/C13H17NO3/c1-2-14-6-5-10-7-9(3-4-11(10)14)8-12(15)13(16)17/h3-4,7,12,15H,2,5-6,8H2,1H3,(H,16,17). The van der Waals surface area contributed by atoms with Gasteiger partial charge in [-0.3, -0.25) is 0 Å². The number of hydrogen-bond donors (Lipinski definition) is 2. The molecular formula is C13H17NO3. The van der Waals surface area contributed by atoms with Crippen LogP contribution in [0.4, 0.5) is 5.69 Å². The van der Waals surface area contributed by atoms with Gasteiger partial charge in [0.2, 0.25) is 0 Å². The van der Waals surface area contributed by atoms with E-state index in [4.69, 9.17) is 5.11 Å². The van der Waals surface area contributed by atoms with Crippen molar-refractivity contribution in [3.05, 3.63) is 29.3 Å². The third-order valence-corrected chi connectivity index (χ3v) is 3.23. The van der Waals surface area contributed by atoms with Crippen LogP contribution in [0.5, 0.6) is 0 Å². The van der Waals surface area contributed by atoms with Crippen LogP contribution in [0.15, 0.2) is 18.2 Å². The van der Waals surface area contributed by atoms with Crippen molar-refractivity contribution in [3.8, 4) is 0 Å². The van der Waals surface area contributed by atoms with Gasteiger partial charge in [-0.1, -0.05) is 12.1 Å². The number of aliphatic hydroxyl groups excluding tert-OH is 1. The first-order valence-corrected chi connectivity index (χ1v) is 5.89. The number of aliphatic hydroxyl groups is 1. The van der Waals surface area contributed by atoms with Crippen molar-refractivity contribution in [2.75, 3.05) is 18.0 Å². The molecule has 1 aliphatic heterocycles. The number of anilines is 1. The summed E-state index contributed by atoms with van der Waals surface area (Å²) < 4.78 is 0. The Morgan fingerprint density at radius 1 is 1.53 bits per heavy atom. The minimum atomic E-state index is -1.31. The molecule has 4 heteroatoms. The van der Waals surface area contributed by atoms with Gasteiger partial charge in [-0.05, 0) is 30.5 Å². The Morgan fingerprint density at radius 2 is 2.29 bits per heavy atom. The third kappa shape index (κ3) is 2.42. The van der Waals surface area contributed by atoms with Crippen molar-refractivity contribution in [1.29, 1.82) is 0 Å². The molecule has 1 aromatic rings. The highest BCUT2D eigenvalue weighted by Gasteiger charge is 2.19. The van der Waals surface area contributed by atoms with E-state index in [0.29, 0.717) is 0 Å². The van der Waals surface area contributed by atoms with Crippen molar-refractivity contribution in [3.63, 3.8) is 0 Å². The van der Waals surface area contributed by atoms with Gasteiger partial charge in [-0.15, -0.1) is 0 Å². The van der Waals surface area contributed by atoms with Gasteiger partial charge in [0.15, 0.2) is 6.10 Å². The van der Waals surface area contributed by atoms with Crippen molar-refractivity contribution in [2.24, 2.45) is 0 Å². The van der Waals surface area contributed by atoms with Crippen LogP contribution in [-0.4, -0.2) is 35.4 Å². The average Bonchev–Trinajstić information content (AvgIpc) is 2.71. The van der Waals surface area contributed by atoms with Crippen molar-refractivity contribution in [1.82, 2.24) is 0 Å². The lowest BCUT2D eigenvalue weighted by atomic mass is 10.0. The molecule has 0 bridgehead atoms. The normalized spacial score (nSPS) is 15.8. The minimum Gasteiger partial charge on any atom is -0.479 e. The molecule has 2 N–H and O–H groups in total. The molecule has 2 rings (SSSR count). The van der Waals surface area contributed by atoms with Crippen LogP contribution in [-0.2, 0) is 17.6 Å². The van der Waals surface area contributed by atoms with Crippen LogP contribution >= 0.6 is 0 Å². The number of carboxylic acid groups (broad SMARTS) is 1. The van der Waals surface area contributed by atoms with Crippen LogP contribution in [0.25, 0.3) is 0 Å². The van der Waals surface area contributed by atoms with Gasteiger partial charge in [-0.25, -0.2) is 4.79 Å². The molecule has 1 unspecified atom stereocenters. The third-order valence-electron chi connectivity index (χ3n) is 3.23. The molecule has 17 heavy (non-hydrogen) atoms. The van der Waals surface area contributed by atoms with E-state index in [-0.39, 0.29) is 6.42 Å². The van der Waals surface area contributed by atoms with Gasteiger partial charge in [0.25, 0.3) is 0 Å². The van der Waals surface area contributed by atoms with Gasteiger partial charge < -0.3 is 15.1 Å². The average molecular weight is 235 g/mol. The van der Waals surface area contributed by atoms with Crippen molar-refractivity contribution < 1.29 is 15.0 Å². The largest absolute Gasteiger partial charge is 0.479 e. The zero-order chi connectivity index (χ0) is 12.4.